The molecule has 7 heteroatoms. The van der Waals surface area contributed by atoms with Crippen molar-refractivity contribution in [3.05, 3.63) is 64.4 Å². The van der Waals surface area contributed by atoms with Crippen molar-refractivity contribution in [3.63, 3.8) is 0 Å². The first-order valence-corrected chi connectivity index (χ1v) is 8.05. The number of benzene rings is 1. The van der Waals surface area contributed by atoms with Gasteiger partial charge in [-0.15, -0.1) is 11.3 Å². The summed E-state index contributed by atoms with van der Waals surface area (Å²) in [4.78, 5) is 20.6. The maximum atomic E-state index is 12.9. The molecule has 1 amide bonds. The summed E-state index contributed by atoms with van der Waals surface area (Å²) in [5.41, 5.74) is 1.89. The number of carbonyl (C=O) groups excluding carboxylic acids is 1. The van der Waals surface area contributed by atoms with Crippen LogP contribution in [-0.4, -0.2) is 20.4 Å². The van der Waals surface area contributed by atoms with Gasteiger partial charge in [-0.3, -0.25) is 4.79 Å². The molecule has 0 radical (unpaired) electrons. The molecular formula is C16H15FN4OS. The SMILES string of the molecule is CCc1nc(CNC(=O)c2cn(-c3ccc(F)cc3)cn2)cs1. The second-order valence-electron chi connectivity index (χ2n) is 4.91. The number of nitrogens with zero attached hydrogens (tertiary/aromatic N) is 3. The van der Waals surface area contributed by atoms with E-state index in [1.807, 2.05) is 12.3 Å². The minimum absolute atomic E-state index is 0.267. The Bertz CT molecular complexity index is 810. The van der Waals surface area contributed by atoms with Gasteiger partial charge >= 0.3 is 0 Å². The highest BCUT2D eigenvalue weighted by Crippen LogP contribution is 2.11. The lowest BCUT2D eigenvalue weighted by Crippen LogP contribution is -2.23. The van der Waals surface area contributed by atoms with Crippen LogP contribution in [0.1, 0.15) is 28.1 Å². The molecule has 0 aliphatic rings. The minimum Gasteiger partial charge on any atom is -0.345 e. The zero-order valence-corrected chi connectivity index (χ0v) is 13.3. The maximum absolute atomic E-state index is 12.9. The van der Waals surface area contributed by atoms with Crippen LogP contribution in [0, 0.1) is 5.82 Å². The van der Waals surface area contributed by atoms with Crippen LogP contribution < -0.4 is 5.32 Å². The van der Waals surface area contributed by atoms with Crippen LogP contribution in [0.5, 0.6) is 0 Å². The van der Waals surface area contributed by atoms with Crippen molar-refractivity contribution in [3.8, 4) is 5.69 Å². The summed E-state index contributed by atoms with van der Waals surface area (Å²) in [6, 6.07) is 5.98. The maximum Gasteiger partial charge on any atom is 0.271 e. The third-order valence-corrected chi connectivity index (χ3v) is 4.31. The molecule has 0 spiro atoms. The quantitative estimate of drug-likeness (QED) is 0.782. The third kappa shape index (κ3) is 3.62. The van der Waals surface area contributed by atoms with E-state index in [9.17, 15) is 9.18 Å². The Balaban J connectivity index is 1.65. The van der Waals surface area contributed by atoms with E-state index in [2.05, 4.69) is 15.3 Å². The van der Waals surface area contributed by atoms with E-state index in [1.54, 1.807) is 34.2 Å². The van der Waals surface area contributed by atoms with Crippen molar-refractivity contribution in [1.82, 2.24) is 19.9 Å². The number of nitrogens with one attached hydrogen (secondary N) is 1. The Morgan fingerprint density at radius 2 is 2.13 bits per heavy atom. The normalized spacial score (nSPS) is 10.7. The molecular weight excluding hydrogens is 315 g/mol. The lowest BCUT2D eigenvalue weighted by atomic mass is 10.3. The third-order valence-electron chi connectivity index (χ3n) is 3.27. The summed E-state index contributed by atoms with van der Waals surface area (Å²) >= 11 is 1.59. The van der Waals surface area contributed by atoms with Crippen LogP contribution in [-0.2, 0) is 13.0 Å². The number of carbonyl (C=O) groups is 1. The zero-order chi connectivity index (χ0) is 16.2. The topological polar surface area (TPSA) is 59.8 Å². The second-order valence-corrected chi connectivity index (χ2v) is 5.85. The van der Waals surface area contributed by atoms with Gasteiger partial charge in [0, 0.05) is 17.3 Å². The van der Waals surface area contributed by atoms with Crippen molar-refractivity contribution >= 4 is 17.2 Å². The highest BCUT2D eigenvalue weighted by Gasteiger charge is 2.10. The summed E-state index contributed by atoms with van der Waals surface area (Å²) < 4.78 is 14.6. The van der Waals surface area contributed by atoms with Gasteiger partial charge < -0.3 is 9.88 Å². The first-order chi connectivity index (χ1) is 11.2. The van der Waals surface area contributed by atoms with Crippen molar-refractivity contribution < 1.29 is 9.18 Å². The van der Waals surface area contributed by atoms with E-state index in [0.717, 1.165) is 22.8 Å². The molecule has 1 aromatic carbocycles. The molecule has 0 fully saturated rings. The number of halogens is 1. The molecule has 23 heavy (non-hydrogen) atoms. The minimum atomic E-state index is -0.304. The van der Waals surface area contributed by atoms with E-state index in [-0.39, 0.29) is 11.7 Å². The molecule has 0 saturated heterocycles. The van der Waals surface area contributed by atoms with Gasteiger partial charge in [-0.2, -0.15) is 0 Å². The number of hydrogen-bond donors (Lipinski definition) is 1. The molecule has 1 N–H and O–H groups in total. The number of aryl methyl sites for hydroxylation is 1. The fourth-order valence-corrected chi connectivity index (χ4v) is 2.79. The van der Waals surface area contributed by atoms with E-state index in [0.29, 0.717) is 12.2 Å². The lowest BCUT2D eigenvalue weighted by molar-refractivity contribution is 0.0946. The number of imidazole rings is 1. The van der Waals surface area contributed by atoms with Gasteiger partial charge in [-0.25, -0.2) is 14.4 Å². The van der Waals surface area contributed by atoms with E-state index in [4.69, 9.17) is 0 Å². The Morgan fingerprint density at radius 3 is 2.83 bits per heavy atom. The molecule has 5 nitrogen and oxygen atoms in total. The molecule has 0 saturated carbocycles. The predicted molar refractivity (Wildman–Crippen MR) is 86.2 cm³/mol. The van der Waals surface area contributed by atoms with Crippen LogP contribution >= 0.6 is 11.3 Å². The van der Waals surface area contributed by atoms with E-state index in [1.165, 1.54) is 18.5 Å². The van der Waals surface area contributed by atoms with Crippen LogP contribution in [0.2, 0.25) is 0 Å². The molecule has 0 bridgehead atoms. The molecule has 0 atom stereocenters. The van der Waals surface area contributed by atoms with E-state index < -0.39 is 0 Å². The molecule has 3 rings (SSSR count). The zero-order valence-electron chi connectivity index (χ0n) is 12.5. The van der Waals surface area contributed by atoms with Crippen LogP contribution in [0.25, 0.3) is 5.69 Å². The molecule has 118 valence electrons. The Morgan fingerprint density at radius 1 is 1.35 bits per heavy atom. The molecule has 0 unspecified atom stereocenters. The summed E-state index contributed by atoms with van der Waals surface area (Å²) in [7, 11) is 0. The van der Waals surface area contributed by atoms with Gasteiger partial charge in [0.05, 0.1) is 17.2 Å². The summed E-state index contributed by atoms with van der Waals surface area (Å²) in [5.74, 6) is -0.571. The molecule has 2 aromatic heterocycles. The van der Waals surface area contributed by atoms with Crippen LogP contribution in [0.3, 0.4) is 0 Å². The average Bonchev–Trinajstić information content (AvgIpc) is 3.22. The monoisotopic (exact) mass is 330 g/mol. The fraction of sp³-hybridized carbons (Fsp3) is 0.188. The van der Waals surface area contributed by atoms with Crippen LogP contribution in [0.4, 0.5) is 4.39 Å². The number of hydrogen-bond acceptors (Lipinski definition) is 4. The summed E-state index contributed by atoms with van der Waals surface area (Å²) in [5, 5.41) is 5.79. The predicted octanol–water partition coefficient (Wildman–Crippen LogP) is 2.96. The lowest BCUT2D eigenvalue weighted by Gasteiger charge is -2.01. The molecule has 2 heterocycles. The smallest absolute Gasteiger partial charge is 0.271 e. The number of amides is 1. The van der Waals surface area contributed by atoms with Gasteiger partial charge in [0.25, 0.3) is 5.91 Å². The van der Waals surface area contributed by atoms with E-state index >= 15 is 0 Å². The van der Waals surface area contributed by atoms with Crippen molar-refractivity contribution in [2.24, 2.45) is 0 Å². The van der Waals surface area contributed by atoms with Crippen LogP contribution in [0.15, 0.2) is 42.2 Å². The molecule has 0 aliphatic heterocycles. The standard InChI is InChI=1S/C16H15FN4OS/c1-2-15-20-12(9-23-15)7-18-16(22)14-8-21(10-19-14)13-5-3-11(17)4-6-13/h3-6,8-10H,2,7H2,1H3,(H,18,22). The van der Waals surface area contributed by atoms with Crippen molar-refractivity contribution in [2.75, 3.05) is 0 Å². The number of thiazole rings is 1. The first-order valence-electron chi connectivity index (χ1n) is 7.17. The van der Waals surface area contributed by atoms with Gasteiger partial charge in [-0.1, -0.05) is 6.92 Å². The van der Waals surface area contributed by atoms with Crippen molar-refractivity contribution in [1.29, 1.82) is 0 Å². The molecule has 0 aliphatic carbocycles. The second kappa shape index (κ2) is 6.70. The largest absolute Gasteiger partial charge is 0.345 e. The Hall–Kier alpha value is -2.54. The summed E-state index contributed by atoms with van der Waals surface area (Å²) in [6.45, 7) is 2.42. The highest BCUT2D eigenvalue weighted by atomic mass is 32.1. The van der Waals surface area contributed by atoms with Gasteiger partial charge in [0.2, 0.25) is 0 Å². The number of rotatable bonds is 5. The molecule has 3 aromatic rings. The first kappa shape index (κ1) is 15.4. The Kier molecular flexibility index (Phi) is 4.47. The highest BCUT2D eigenvalue weighted by molar-refractivity contribution is 7.09. The number of aromatic nitrogens is 3. The summed E-state index contributed by atoms with van der Waals surface area (Å²) in [6.07, 6.45) is 4.03. The average molecular weight is 330 g/mol. The van der Waals surface area contributed by atoms with Gasteiger partial charge in [0.15, 0.2) is 0 Å². The van der Waals surface area contributed by atoms with Crippen molar-refractivity contribution in [2.45, 2.75) is 19.9 Å². The Labute approximate surface area is 136 Å². The van der Waals surface area contributed by atoms with Gasteiger partial charge in [-0.05, 0) is 30.7 Å². The fourth-order valence-electron chi connectivity index (χ4n) is 2.05. The van der Waals surface area contributed by atoms with Gasteiger partial charge in [0.1, 0.15) is 17.8 Å².